The molecule has 0 radical (unpaired) electrons. The van der Waals surface area contributed by atoms with Crippen molar-refractivity contribution in [3.05, 3.63) is 0 Å². The molecule has 0 aromatic heterocycles. The number of hydrogen-bond acceptors (Lipinski definition) is 3. The lowest BCUT2D eigenvalue weighted by atomic mass is 10.1. The number of rotatable bonds is 2. The molecule has 3 unspecified atom stereocenters. The summed E-state index contributed by atoms with van der Waals surface area (Å²) < 4.78 is 0. The van der Waals surface area contributed by atoms with E-state index in [1.807, 2.05) is 0 Å². The van der Waals surface area contributed by atoms with Crippen LogP contribution < -0.4 is 5.32 Å². The van der Waals surface area contributed by atoms with Gasteiger partial charge in [0, 0.05) is 0 Å². The molecule has 1 heterocycles. The summed E-state index contributed by atoms with van der Waals surface area (Å²) in [6.07, 6.45) is 6.98. The predicted molar refractivity (Wildman–Crippen MR) is 66.5 cm³/mol. The number of thioether (sulfide) groups is 1. The molecule has 1 aliphatic carbocycles. The van der Waals surface area contributed by atoms with Crippen molar-refractivity contribution in [2.45, 2.75) is 62.3 Å². The second kappa shape index (κ2) is 5.92. The molecule has 4 heteroatoms. The van der Waals surface area contributed by atoms with Gasteiger partial charge in [0.1, 0.15) is 0 Å². The third-order valence-corrected chi connectivity index (χ3v) is 4.91. The molecular formula is C12H21NO2S. The Balaban J connectivity index is 1.84. The van der Waals surface area contributed by atoms with Gasteiger partial charge in [-0.3, -0.25) is 4.79 Å². The van der Waals surface area contributed by atoms with Crippen LogP contribution in [0.25, 0.3) is 0 Å². The van der Waals surface area contributed by atoms with Crippen LogP contribution in [0.2, 0.25) is 0 Å². The first kappa shape index (κ1) is 12.2. The fraction of sp³-hybridized carbons (Fsp3) is 0.917. The van der Waals surface area contributed by atoms with E-state index >= 15 is 0 Å². The lowest BCUT2D eigenvalue weighted by molar-refractivity contribution is -0.122. The van der Waals surface area contributed by atoms with Crippen molar-refractivity contribution in [2.24, 2.45) is 0 Å². The van der Waals surface area contributed by atoms with Crippen LogP contribution in [0.1, 0.15) is 44.9 Å². The molecule has 1 saturated carbocycles. The van der Waals surface area contributed by atoms with E-state index in [0.29, 0.717) is 0 Å². The molecule has 2 N–H and O–H groups in total. The summed E-state index contributed by atoms with van der Waals surface area (Å²) in [5, 5.41) is 13.1. The van der Waals surface area contributed by atoms with E-state index in [2.05, 4.69) is 5.32 Å². The maximum atomic E-state index is 11.9. The van der Waals surface area contributed by atoms with Gasteiger partial charge in [0.05, 0.1) is 17.4 Å². The highest BCUT2D eigenvalue weighted by Crippen LogP contribution is 2.27. The minimum Gasteiger partial charge on any atom is -0.391 e. The van der Waals surface area contributed by atoms with Crippen LogP contribution in [0.15, 0.2) is 0 Å². The van der Waals surface area contributed by atoms with E-state index in [1.54, 1.807) is 11.8 Å². The maximum Gasteiger partial charge on any atom is 0.233 e. The van der Waals surface area contributed by atoms with Crippen LogP contribution in [0, 0.1) is 0 Å². The Morgan fingerprint density at radius 2 is 1.94 bits per heavy atom. The number of aliphatic hydroxyl groups excluding tert-OH is 1. The molecule has 1 amide bonds. The summed E-state index contributed by atoms with van der Waals surface area (Å²) in [7, 11) is 0. The van der Waals surface area contributed by atoms with Crippen molar-refractivity contribution in [1.82, 2.24) is 5.32 Å². The van der Waals surface area contributed by atoms with Gasteiger partial charge in [-0.05, 0) is 31.4 Å². The van der Waals surface area contributed by atoms with E-state index in [9.17, 15) is 9.90 Å². The molecule has 16 heavy (non-hydrogen) atoms. The van der Waals surface area contributed by atoms with Crippen LogP contribution >= 0.6 is 11.8 Å². The highest BCUT2D eigenvalue weighted by atomic mass is 32.2. The zero-order valence-electron chi connectivity index (χ0n) is 9.65. The van der Waals surface area contributed by atoms with Crippen molar-refractivity contribution in [3.8, 4) is 0 Å². The molecule has 2 fully saturated rings. The van der Waals surface area contributed by atoms with Gasteiger partial charge in [-0.25, -0.2) is 0 Å². The maximum absolute atomic E-state index is 11.9. The summed E-state index contributed by atoms with van der Waals surface area (Å²) in [4.78, 5) is 11.9. The molecular weight excluding hydrogens is 222 g/mol. The van der Waals surface area contributed by atoms with Crippen molar-refractivity contribution in [1.29, 1.82) is 0 Å². The fourth-order valence-corrected chi connectivity index (χ4v) is 3.69. The van der Waals surface area contributed by atoms with E-state index in [1.165, 1.54) is 6.42 Å². The van der Waals surface area contributed by atoms with E-state index in [0.717, 1.165) is 44.3 Å². The van der Waals surface area contributed by atoms with Gasteiger partial charge in [0.2, 0.25) is 5.91 Å². The van der Waals surface area contributed by atoms with Crippen LogP contribution in [-0.2, 0) is 4.79 Å². The largest absolute Gasteiger partial charge is 0.391 e. The van der Waals surface area contributed by atoms with Crippen LogP contribution in [0.4, 0.5) is 0 Å². The van der Waals surface area contributed by atoms with Crippen LogP contribution in [-0.4, -0.2) is 34.2 Å². The Morgan fingerprint density at radius 3 is 2.69 bits per heavy atom. The Kier molecular flexibility index (Phi) is 4.53. The van der Waals surface area contributed by atoms with E-state index in [4.69, 9.17) is 0 Å². The third-order valence-electron chi connectivity index (χ3n) is 3.53. The zero-order valence-corrected chi connectivity index (χ0v) is 10.5. The Hall–Kier alpha value is -0.220. The number of aliphatic hydroxyl groups is 1. The summed E-state index contributed by atoms with van der Waals surface area (Å²) in [5.41, 5.74) is 0. The third kappa shape index (κ3) is 3.14. The molecule has 2 aliphatic rings. The average Bonchev–Trinajstić information content (AvgIpc) is 2.73. The van der Waals surface area contributed by atoms with Gasteiger partial charge < -0.3 is 10.4 Å². The Morgan fingerprint density at radius 1 is 1.12 bits per heavy atom. The van der Waals surface area contributed by atoms with Crippen LogP contribution in [0.3, 0.4) is 0 Å². The van der Waals surface area contributed by atoms with Gasteiger partial charge in [0.15, 0.2) is 0 Å². The second-order valence-corrected chi connectivity index (χ2v) is 6.13. The van der Waals surface area contributed by atoms with Crippen molar-refractivity contribution < 1.29 is 9.90 Å². The molecule has 0 spiro atoms. The lowest BCUT2D eigenvalue weighted by Crippen LogP contribution is -2.45. The lowest BCUT2D eigenvalue weighted by Gasteiger charge is -2.23. The molecule has 0 aromatic carbocycles. The number of amides is 1. The normalized spacial score (nSPS) is 35.7. The predicted octanol–water partition coefficient (Wildman–Crippen LogP) is 1.69. The van der Waals surface area contributed by atoms with Gasteiger partial charge in [-0.2, -0.15) is 0 Å². The zero-order chi connectivity index (χ0) is 11.4. The van der Waals surface area contributed by atoms with Gasteiger partial charge in [0.25, 0.3) is 0 Å². The molecule has 3 atom stereocenters. The smallest absolute Gasteiger partial charge is 0.233 e. The average molecular weight is 243 g/mol. The monoisotopic (exact) mass is 243 g/mol. The highest BCUT2D eigenvalue weighted by molar-refractivity contribution is 8.00. The summed E-state index contributed by atoms with van der Waals surface area (Å²) in [6, 6.07) is -0.00352. The topological polar surface area (TPSA) is 49.3 Å². The highest BCUT2D eigenvalue weighted by Gasteiger charge is 2.28. The van der Waals surface area contributed by atoms with Crippen LogP contribution in [0.5, 0.6) is 0 Å². The van der Waals surface area contributed by atoms with Gasteiger partial charge in [-0.15, -0.1) is 11.8 Å². The summed E-state index contributed by atoms with van der Waals surface area (Å²) >= 11 is 1.75. The minimum atomic E-state index is -0.335. The number of nitrogens with one attached hydrogen (secondary N) is 1. The molecule has 0 aromatic rings. The number of carbonyl (C=O) groups excluding carboxylic acids is 1. The van der Waals surface area contributed by atoms with Gasteiger partial charge in [-0.1, -0.05) is 19.3 Å². The van der Waals surface area contributed by atoms with Crippen molar-refractivity contribution >= 4 is 17.7 Å². The van der Waals surface area contributed by atoms with E-state index in [-0.39, 0.29) is 23.3 Å². The molecule has 1 aliphatic heterocycles. The van der Waals surface area contributed by atoms with Gasteiger partial charge >= 0.3 is 0 Å². The van der Waals surface area contributed by atoms with Crippen molar-refractivity contribution in [2.75, 3.05) is 5.75 Å². The summed E-state index contributed by atoms with van der Waals surface area (Å²) in [5.74, 6) is 1.25. The number of carbonyl (C=O) groups is 1. The molecule has 3 nitrogen and oxygen atoms in total. The first-order chi connectivity index (χ1) is 7.77. The minimum absolute atomic E-state index is 0.00352. The second-order valence-electron chi connectivity index (χ2n) is 4.82. The van der Waals surface area contributed by atoms with Crippen molar-refractivity contribution in [3.63, 3.8) is 0 Å². The quantitative estimate of drug-likeness (QED) is 0.726. The first-order valence-electron chi connectivity index (χ1n) is 6.37. The first-order valence-corrected chi connectivity index (χ1v) is 7.42. The Labute approximate surface area is 101 Å². The van der Waals surface area contributed by atoms with E-state index < -0.39 is 0 Å². The standard InChI is InChI=1S/C12H21NO2S/c14-10-6-3-1-2-5-9(10)13-12(15)11-7-4-8-16-11/h9-11,14H,1-8H2,(H,13,15). The SMILES string of the molecule is O=C(NC1CCCCCC1O)C1CCCS1. The molecule has 92 valence electrons. The molecule has 0 bridgehead atoms. The molecule has 2 rings (SSSR count). The molecule has 1 saturated heterocycles. The fourth-order valence-electron chi connectivity index (χ4n) is 2.52. The number of hydrogen-bond donors (Lipinski definition) is 2. The Bertz CT molecular complexity index is 241. The summed E-state index contributed by atoms with van der Waals surface area (Å²) in [6.45, 7) is 0.